The largest absolute Gasteiger partial charge is 0.394 e. The number of nitrogens with one attached hydrogen (secondary N) is 1. The van der Waals surface area contributed by atoms with E-state index < -0.39 is 0 Å². The van der Waals surface area contributed by atoms with Gasteiger partial charge in [0.15, 0.2) is 0 Å². The van der Waals surface area contributed by atoms with Crippen molar-refractivity contribution >= 4 is 0 Å². The molecular formula is C10H21NO3. The molecule has 1 aliphatic heterocycles. The summed E-state index contributed by atoms with van der Waals surface area (Å²) in [6.45, 7) is 5.04. The van der Waals surface area contributed by atoms with Crippen molar-refractivity contribution in [1.82, 2.24) is 5.32 Å². The first-order valence-corrected chi connectivity index (χ1v) is 5.37. The maximum atomic E-state index is 8.46. The van der Waals surface area contributed by atoms with E-state index in [1.165, 1.54) is 6.42 Å². The van der Waals surface area contributed by atoms with Crippen LogP contribution in [0, 0.1) is 0 Å². The van der Waals surface area contributed by atoms with Gasteiger partial charge < -0.3 is 19.9 Å². The van der Waals surface area contributed by atoms with E-state index in [0.717, 1.165) is 19.5 Å². The number of rotatable bonds is 7. The molecule has 14 heavy (non-hydrogen) atoms. The maximum Gasteiger partial charge on any atom is 0.0704 e. The van der Waals surface area contributed by atoms with Gasteiger partial charge in [-0.15, -0.1) is 0 Å². The Balaban J connectivity index is 1.84. The second-order valence-electron chi connectivity index (χ2n) is 3.69. The normalized spacial score (nSPS) is 27.0. The zero-order valence-corrected chi connectivity index (χ0v) is 8.87. The first-order valence-electron chi connectivity index (χ1n) is 5.37. The van der Waals surface area contributed by atoms with E-state index >= 15 is 0 Å². The fourth-order valence-corrected chi connectivity index (χ4v) is 1.61. The minimum Gasteiger partial charge on any atom is -0.394 e. The quantitative estimate of drug-likeness (QED) is 0.578. The highest BCUT2D eigenvalue weighted by molar-refractivity contribution is 4.72. The van der Waals surface area contributed by atoms with Crippen LogP contribution in [0.25, 0.3) is 0 Å². The van der Waals surface area contributed by atoms with Crippen molar-refractivity contribution in [1.29, 1.82) is 0 Å². The van der Waals surface area contributed by atoms with Crippen molar-refractivity contribution < 1.29 is 14.6 Å². The lowest BCUT2D eigenvalue weighted by atomic mass is 10.2. The number of aliphatic hydroxyl groups is 1. The summed E-state index contributed by atoms with van der Waals surface area (Å²) in [6.07, 6.45) is 3.13. The molecule has 1 rings (SSSR count). The van der Waals surface area contributed by atoms with Crippen LogP contribution < -0.4 is 5.32 Å². The number of hydrogen-bond donors (Lipinski definition) is 2. The SMILES string of the molecule is CC1CCC(CNCCOCCO)O1. The van der Waals surface area contributed by atoms with Crippen molar-refractivity contribution in [2.75, 3.05) is 32.9 Å². The van der Waals surface area contributed by atoms with E-state index in [0.29, 0.717) is 25.4 Å². The Hall–Kier alpha value is -0.160. The molecule has 84 valence electrons. The molecule has 0 aromatic heterocycles. The lowest BCUT2D eigenvalue weighted by molar-refractivity contribution is 0.0526. The molecule has 2 N–H and O–H groups in total. The van der Waals surface area contributed by atoms with Crippen molar-refractivity contribution in [2.24, 2.45) is 0 Å². The van der Waals surface area contributed by atoms with E-state index in [9.17, 15) is 0 Å². The second kappa shape index (κ2) is 7.17. The molecule has 0 spiro atoms. The molecule has 0 aromatic carbocycles. The number of ether oxygens (including phenoxy) is 2. The van der Waals surface area contributed by atoms with Gasteiger partial charge in [-0.05, 0) is 19.8 Å². The first kappa shape index (κ1) is 11.9. The molecule has 0 saturated carbocycles. The summed E-state index contributed by atoms with van der Waals surface area (Å²) in [5, 5.41) is 11.7. The highest BCUT2D eigenvalue weighted by Crippen LogP contribution is 2.17. The summed E-state index contributed by atoms with van der Waals surface area (Å²) in [5.41, 5.74) is 0. The Kier molecular flexibility index (Phi) is 6.10. The van der Waals surface area contributed by atoms with Crippen molar-refractivity contribution in [3.05, 3.63) is 0 Å². The van der Waals surface area contributed by atoms with Gasteiger partial charge in [0.05, 0.1) is 32.0 Å². The van der Waals surface area contributed by atoms with Crippen molar-refractivity contribution in [3.63, 3.8) is 0 Å². The van der Waals surface area contributed by atoms with Gasteiger partial charge in [0.25, 0.3) is 0 Å². The monoisotopic (exact) mass is 203 g/mol. The van der Waals surface area contributed by atoms with Crippen LogP contribution in [-0.4, -0.2) is 50.2 Å². The van der Waals surface area contributed by atoms with E-state index in [1.54, 1.807) is 0 Å². The average molecular weight is 203 g/mol. The molecule has 1 saturated heterocycles. The zero-order valence-electron chi connectivity index (χ0n) is 8.87. The molecule has 0 amide bonds. The third-order valence-corrected chi connectivity index (χ3v) is 2.35. The summed E-state index contributed by atoms with van der Waals surface area (Å²) >= 11 is 0. The van der Waals surface area contributed by atoms with Crippen LogP contribution in [0.15, 0.2) is 0 Å². The molecule has 2 unspecified atom stereocenters. The van der Waals surface area contributed by atoms with Crippen LogP contribution >= 0.6 is 0 Å². The second-order valence-corrected chi connectivity index (χ2v) is 3.69. The molecule has 4 heteroatoms. The Labute approximate surface area is 85.6 Å². The summed E-state index contributed by atoms with van der Waals surface area (Å²) < 4.78 is 10.8. The van der Waals surface area contributed by atoms with Gasteiger partial charge in [-0.2, -0.15) is 0 Å². The molecule has 0 aliphatic carbocycles. The maximum absolute atomic E-state index is 8.46. The molecule has 0 radical (unpaired) electrons. The Morgan fingerprint density at radius 3 is 2.93 bits per heavy atom. The van der Waals surface area contributed by atoms with Gasteiger partial charge >= 0.3 is 0 Å². The van der Waals surface area contributed by atoms with Gasteiger partial charge in [-0.1, -0.05) is 0 Å². The minimum absolute atomic E-state index is 0.100. The molecule has 1 heterocycles. The van der Waals surface area contributed by atoms with Crippen LogP contribution in [0.3, 0.4) is 0 Å². The van der Waals surface area contributed by atoms with Gasteiger partial charge in [0.1, 0.15) is 0 Å². The molecule has 0 bridgehead atoms. The standard InChI is InChI=1S/C10H21NO3/c1-9-2-3-10(14-9)8-11-4-6-13-7-5-12/h9-12H,2-8H2,1H3. The van der Waals surface area contributed by atoms with Crippen molar-refractivity contribution in [2.45, 2.75) is 32.0 Å². The van der Waals surface area contributed by atoms with Gasteiger partial charge in [-0.3, -0.25) is 0 Å². The summed E-state index contributed by atoms with van der Waals surface area (Å²) in [6, 6.07) is 0. The fraction of sp³-hybridized carbons (Fsp3) is 1.00. The predicted molar refractivity (Wildman–Crippen MR) is 54.3 cm³/mol. The predicted octanol–water partition coefficient (Wildman–Crippen LogP) is 0.152. The van der Waals surface area contributed by atoms with Gasteiger partial charge in [-0.25, -0.2) is 0 Å². The minimum atomic E-state index is 0.100. The van der Waals surface area contributed by atoms with Crippen LogP contribution in [0.1, 0.15) is 19.8 Å². The molecular weight excluding hydrogens is 182 g/mol. The third kappa shape index (κ3) is 4.91. The Morgan fingerprint density at radius 1 is 1.43 bits per heavy atom. The summed E-state index contributed by atoms with van der Waals surface area (Å²) in [4.78, 5) is 0. The molecule has 1 fully saturated rings. The summed E-state index contributed by atoms with van der Waals surface area (Å²) in [7, 11) is 0. The van der Waals surface area contributed by atoms with Gasteiger partial charge in [0, 0.05) is 13.1 Å². The smallest absolute Gasteiger partial charge is 0.0704 e. The first-order chi connectivity index (χ1) is 6.83. The zero-order chi connectivity index (χ0) is 10.2. The topological polar surface area (TPSA) is 50.7 Å². The van der Waals surface area contributed by atoms with Gasteiger partial charge in [0.2, 0.25) is 0 Å². The lowest BCUT2D eigenvalue weighted by Crippen LogP contribution is -2.29. The molecule has 1 aliphatic rings. The highest BCUT2D eigenvalue weighted by atomic mass is 16.5. The van der Waals surface area contributed by atoms with Crippen molar-refractivity contribution in [3.8, 4) is 0 Å². The highest BCUT2D eigenvalue weighted by Gasteiger charge is 2.20. The Bertz CT molecular complexity index is 143. The fourth-order valence-electron chi connectivity index (χ4n) is 1.61. The molecule has 2 atom stereocenters. The third-order valence-electron chi connectivity index (χ3n) is 2.35. The van der Waals surface area contributed by atoms with Crippen LogP contribution in [-0.2, 0) is 9.47 Å². The van der Waals surface area contributed by atoms with Crippen LogP contribution in [0.5, 0.6) is 0 Å². The van der Waals surface area contributed by atoms with Crippen LogP contribution in [0.2, 0.25) is 0 Å². The number of hydrogen-bond acceptors (Lipinski definition) is 4. The average Bonchev–Trinajstić information content (AvgIpc) is 2.58. The Morgan fingerprint density at radius 2 is 2.29 bits per heavy atom. The van der Waals surface area contributed by atoms with Crippen LogP contribution in [0.4, 0.5) is 0 Å². The van der Waals surface area contributed by atoms with E-state index in [2.05, 4.69) is 12.2 Å². The van der Waals surface area contributed by atoms with E-state index in [-0.39, 0.29) is 6.61 Å². The lowest BCUT2D eigenvalue weighted by Gasteiger charge is -2.11. The number of aliphatic hydroxyl groups excluding tert-OH is 1. The van der Waals surface area contributed by atoms with E-state index in [4.69, 9.17) is 14.6 Å². The summed E-state index contributed by atoms with van der Waals surface area (Å²) in [5.74, 6) is 0. The molecule has 0 aromatic rings. The molecule has 4 nitrogen and oxygen atoms in total. The van der Waals surface area contributed by atoms with E-state index in [1.807, 2.05) is 0 Å².